The molecule has 4 rings (SSSR count). The molecular weight excluding hydrogens is 371 g/mol. The summed E-state index contributed by atoms with van der Waals surface area (Å²) < 4.78 is 26.8. The zero-order valence-corrected chi connectivity index (χ0v) is 16.7. The molecule has 0 spiro atoms. The van der Waals surface area contributed by atoms with Crippen LogP contribution in [0.2, 0.25) is 0 Å². The Labute approximate surface area is 170 Å². The van der Waals surface area contributed by atoms with Crippen molar-refractivity contribution in [3.8, 4) is 17.2 Å². The first-order valence-corrected chi connectivity index (χ1v) is 9.65. The van der Waals surface area contributed by atoms with Gasteiger partial charge in [0.15, 0.2) is 0 Å². The largest absolute Gasteiger partial charge is 0.497 e. The van der Waals surface area contributed by atoms with Crippen molar-refractivity contribution in [3.05, 3.63) is 66.2 Å². The lowest BCUT2D eigenvalue weighted by atomic mass is 10.1. The SMILES string of the molecule is COc1cc(CN2CCN(c3nccn3-c3ccccc3F)CC2)cc(OC)c1. The lowest BCUT2D eigenvalue weighted by molar-refractivity contribution is 0.247. The van der Waals surface area contributed by atoms with Gasteiger partial charge in [-0.15, -0.1) is 0 Å². The molecule has 1 aliphatic rings. The van der Waals surface area contributed by atoms with Gasteiger partial charge in [0.25, 0.3) is 0 Å². The topological polar surface area (TPSA) is 42.8 Å². The number of hydrogen-bond acceptors (Lipinski definition) is 5. The van der Waals surface area contributed by atoms with Crippen LogP contribution >= 0.6 is 0 Å². The predicted octanol–water partition coefficient (Wildman–Crippen LogP) is 3.35. The Bertz CT molecular complexity index is 945. The van der Waals surface area contributed by atoms with Gasteiger partial charge in [-0.25, -0.2) is 9.37 Å². The average molecular weight is 396 g/mol. The first-order valence-electron chi connectivity index (χ1n) is 9.65. The Morgan fingerprint density at radius 3 is 2.31 bits per heavy atom. The smallest absolute Gasteiger partial charge is 0.210 e. The molecule has 1 aliphatic heterocycles. The van der Waals surface area contributed by atoms with Crippen LogP contribution in [0.1, 0.15) is 5.56 Å². The molecule has 0 bridgehead atoms. The van der Waals surface area contributed by atoms with Crippen molar-refractivity contribution < 1.29 is 13.9 Å². The molecule has 3 aromatic rings. The predicted molar refractivity (Wildman–Crippen MR) is 111 cm³/mol. The van der Waals surface area contributed by atoms with E-state index >= 15 is 0 Å². The first-order chi connectivity index (χ1) is 14.2. The minimum absolute atomic E-state index is 0.252. The van der Waals surface area contributed by atoms with E-state index in [9.17, 15) is 4.39 Å². The summed E-state index contributed by atoms with van der Waals surface area (Å²) in [6, 6.07) is 12.7. The molecule has 0 N–H and O–H groups in total. The van der Waals surface area contributed by atoms with Gasteiger partial charge in [-0.1, -0.05) is 12.1 Å². The minimum Gasteiger partial charge on any atom is -0.497 e. The van der Waals surface area contributed by atoms with E-state index in [2.05, 4.69) is 14.8 Å². The van der Waals surface area contributed by atoms with Gasteiger partial charge >= 0.3 is 0 Å². The van der Waals surface area contributed by atoms with Crippen LogP contribution in [0.3, 0.4) is 0 Å². The Morgan fingerprint density at radius 1 is 0.966 bits per heavy atom. The monoisotopic (exact) mass is 396 g/mol. The molecule has 2 heterocycles. The van der Waals surface area contributed by atoms with Gasteiger partial charge in [0, 0.05) is 51.2 Å². The maximum Gasteiger partial charge on any atom is 0.210 e. The van der Waals surface area contributed by atoms with Crippen LogP contribution < -0.4 is 14.4 Å². The van der Waals surface area contributed by atoms with Gasteiger partial charge in [-0.05, 0) is 29.8 Å². The molecule has 7 heteroatoms. The van der Waals surface area contributed by atoms with Crippen molar-refractivity contribution in [1.29, 1.82) is 0 Å². The fourth-order valence-corrected chi connectivity index (χ4v) is 3.69. The third-order valence-corrected chi connectivity index (χ3v) is 5.21. The quantitative estimate of drug-likeness (QED) is 0.639. The van der Waals surface area contributed by atoms with Gasteiger partial charge in [0.05, 0.1) is 19.9 Å². The molecule has 0 aliphatic carbocycles. The molecule has 152 valence electrons. The van der Waals surface area contributed by atoms with Gasteiger partial charge < -0.3 is 14.4 Å². The highest BCUT2D eigenvalue weighted by molar-refractivity contribution is 5.45. The standard InChI is InChI=1S/C22H25FN4O2/c1-28-18-13-17(14-19(15-18)29-2)16-25-9-11-26(12-10-25)22-24-7-8-27(22)21-6-4-3-5-20(21)23/h3-8,13-15H,9-12,16H2,1-2H3. The van der Waals surface area contributed by atoms with Gasteiger partial charge in [-0.2, -0.15) is 0 Å². The minimum atomic E-state index is -0.252. The zero-order valence-electron chi connectivity index (χ0n) is 16.7. The lowest BCUT2D eigenvalue weighted by Crippen LogP contribution is -2.46. The van der Waals surface area contributed by atoms with Crippen molar-refractivity contribution in [2.45, 2.75) is 6.54 Å². The highest BCUT2D eigenvalue weighted by Crippen LogP contribution is 2.25. The summed E-state index contributed by atoms with van der Waals surface area (Å²) >= 11 is 0. The number of ether oxygens (including phenoxy) is 2. The molecule has 0 unspecified atom stereocenters. The number of nitrogens with zero attached hydrogens (tertiary/aromatic N) is 4. The van der Waals surface area contributed by atoms with E-state index in [0.29, 0.717) is 5.69 Å². The molecule has 1 fully saturated rings. The van der Waals surface area contributed by atoms with Crippen LogP contribution in [0, 0.1) is 5.82 Å². The second-order valence-electron chi connectivity index (χ2n) is 7.03. The highest BCUT2D eigenvalue weighted by Gasteiger charge is 2.22. The second kappa shape index (κ2) is 8.53. The molecule has 1 saturated heterocycles. The summed E-state index contributed by atoms with van der Waals surface area (Å²) in [5, 5.41) is 0. The summed E-state index contributed by atoms with van der Waals surface area (Å²) in [4.78, 5) is 9.08. The number of imidazole rings is 1. The summed E-state index contributed by atoms with van der Waals surface area (Å²) in [7, 11) is 3.32. The number of piperazine rings is 1. The first kappa shape index (κ1) is 19.3. The zero-order chi connectivity index (χ0) is 20.2. The summed E-state index contributed by atoms with van der Waals surface area (Å²) in [6.45, 7) is 4.26. The number of hydrogen-bond donors (Lipinski definition) is 0. The molecule has 0 amide bonds. The third-order valence-electron chi connectivity index (χ3n) is 5.21. The van der Waals surface area contributed by atoms with E-state index in [-0.39, 0.29) is 5.82 Å². The van der Waals surface area contributed by atoms with E-state index in [1.165, 1.54) is 6.07 Å². The van der Waals surface area contributed by atoms with Crippen LogP contribution in [-0.2, 0) is 6.54 Å². The maximum atomic E-state index is 14.2. The van der Waals surface area contributed by atoms with Crippen LogP contribution in [0.15, 0.2) is 54.9 Å². The Kier molecular flexibility index (Phi) is 5.67. The molecule has 0 saturated carbocycles. The molecule has 2 aromatic carbocycles. The van der Waals surface area contributed by atoms with E-state index in [4.69, 9.17) is 9.47 Å². The number of anilines is 1. The number of aromatic nitrogens is 2. The number of methoxy groups -OCH3 is 2. The van der Waals surface area contributed by atoms with E-state index in [1.54, 1.807) is 32.5 Å². The van der Waals surface area contributed by atoms with Crippen molar-refractivity contribution in [1.82, 2.24) is 14.5 Å². The van der Waals surface area contributed by atoms with Gasteiger partial charge in [-0.3, -0.25) is 9.47 Å². The molecule has 0 radical (unpaired) electrons. The molecule has 29 heavy (non-hydrogen) atoms. The molecule has 6 nitrogen and oxygen atoms in total. The van der Waals surface area contributed by atoms with Crippen LogP contribution in [-0.4, -0.2) is 54.8 Å². The second-order valence-corrected chi connectivity index (χ2v) is 7.03. The molecule has 0 atom stereocenters. The number of halogens is 1. The molecule has 1 aromatic heterocycles. The van der Waals surface area contributed by atoms with Crippen molar-refractivity contribution in [2.75, 3.05) is 45.3 Å². The summed E-state index contributed by atoms with van der Waals surface area (Å²) in [5.41, 5.74) is 1.67. The lowest BCUT2D eigenvalue weighted by Gasteiger charge is -2.35. The van der Waals surface area contributed by atoms with E-state index < -0.39 is 0 Å². The maximum absolute atomic E-state index is 14.2. The van der Waals surface area contributed by atoms with Crippen LogP contribution in [0.25, 0.3) is 5.69 Å². The van der Waals surface area contributed by atoms with Gasteiger partial charge in [0.2, 0.25) is 5.95 Å². The Balaban J connectivity index is 1.44. The van der Waals surface area contributed by atoms with E-state index in [1.807, 2.05) is 35.0 Å². The molecular formula is C22H25FN4O2. The number of rotatable bonds is 6. The van der Waals surface area contributed by atoms with Crippen molar-refractivity contribution in [2.24, 2.45) is 0 Å². The fraction of sp³-hybridized carbons (Fsp3) is 0.318. The average Bonchev–Trinajstić information content (AvgIpc) is 3.24. The Hall–Kier alpha value is -3.06. The third kappa shape index (κ3) is 4.19. The normalized spacial score (nSPS) is 14.8. The number of para-hydroxylation sites is 1. The summed E-state index contributed by atoms with van der Waals surface area (Å²) in [5.74, 6) is 2.12. The van der Waals surface area contributed by atoms with Gasteiger partial charge in [0.1, 0.15) is 17.3 Å². The van der Waals surface area contributed by atoms with Crippen LogP contribution in [0.4, 0.5) is 10.3 Å². The fourth-order valence-electron chi connectivity index (χ4n) is 3.69. The summed E-state index contributed by atoms with van der Waals surface area (Å²) in [6.07, 6.45) is 3.53. The Morgan fingerprint density at radius 2 is 1.66 bits per heavy atom. The highest BCUT2D eigenvalue weighted by atomic mass is 19.1. The van der Waals surface area contributed by atoms with Crippen molar-refractivity contribution in [3.63, 3.8) is 0 Å². The van der Waals surface area contributed by atoms with Crippen molar-refractivity contribution >= 4 is 5.95 Å². The van der Waals surface area contributed by atoms with Crippen LogP contribution in [0.5, 0.6) is 11.5 Å². The van der Waals surface area contributed by atoms with E-state index in [0.717, 1.165) is 55.7 Å². The number of benzene rings is 2.